The van der Waals surface area contributed by atoms with Crippen LogP contribution in [0.25, 0.3) is 0 Å². The Hall–Kier alpha value is -1.43. The number of carbonyl (C=O) groups is 2. The molecule has 0 aliphatic carbocycles. The average Bonchev–Trinajstić information content (AvgIpc) is 2.47. The van der Waals surface area contributed by atoms with Gasteiger partial charge in [-0.25, -0.2) is 4.79 Å². The van der Waals surface area contributed by atoms with Crippen LogP contribution in [0.1, 0.15) is 36.3 Å². The fraction of sp³-hybridized carbons (Fsp3) is 0.444. The fourth-order valence-corrected chi connectivity index (χ4v) is 2.07. The lowest BCUT2D eigenvalue weighted by molar-refractivity contribution is -0.114. The summed E-state index contributed by atoms with van der Waals surface area (Å²) < 4.78 is 4.03. The summed E-state index contributed by atoms with van der Waals surface area (Å²) in [6, 6.07) is 0. The number of hydrogen-bond acceptors (Lipinski definition) is 4. The summed E-state index contributed by atoms with van der Waals surface area (Å²) in [5, 5.41) is 11.8. The van der Waals surface area contributed by atoms with Gasteiger partial charge in [0.15, 0.2) is 0 Å². The van der Waals surface area contributed by atoms with Gasteiger partial charge >= 0.3 is 5.97 Å². The van der Waals surface area contributed by atoms with Crippen LogP contribution in [0.15, 0.2) is 0 Å². The summed E-state index contributed by atoms with van der Waals surface area (Å²) in [5.41, 5.74) is 0.663. The summed E-state index contributed by atoms with van der Waals surface area (Å²) in [7, 11) is 0. The Labute approximate surface area is 91.3 Å². The van der Waals surface area contributed by atoms with E-state index in [9.17, 15) is 9.59 Å². The second-order valence-corrected chi connectivity index (χ2v) is 3.84. The van der Waals surface area contributed by atoms with Gasteiger partial charge in [-0.2, -0.15) is 4.37 Å². The van der Waals surface area contributed by atoms with Crippen LogP contribution in [0.4, 0.5) is 5.00 Å². The number of nitrogens with zero attached hydrogens (tertiary/aromatic N) is 1. The van der Waals surface area contributed by atoms with E-state index in [1.54, 1.807) is 0 Å². The van der Waals surface area contributed by atoms with Crippen LogP contribution < -0.4 is 5.32 Å². The molecule has 0 radical (unpaired) electrons. The van der Waals surface area contributed by atoms with Crippen LogP contribution >= 0.6 is 11.5 Å². The first kappa shape index (κ1) is 11.6. The molecule has 6 heteroatoms. The van der Waals surface area contributed by atoms with Crippen LogP contribution in [-0.2, 0) is 11.2 Å². The van der Waals surface area contributed by atoms with E-state index in [1.807, 2.05) is 6.92 Å². The zero-order valence-electron chi connectivity index (χ0n) is 8.53. The van der Waals surface area contributed by atoms with Gasteiger partial charge < -0.3 is 10.4 Å². The third-order valence-corrected chi connectivity index (χ3v) is 2.55. The zero-order valence-corrected chi connectivity index (χ0v) is 9.35. The maximum absolute atomic E-state index is 11.0. The first-order valence-corrected chi connectivity index (χ1v) is 5.33. The normalized spacial score (nSPS) is 10.0. The number of hydrogen-bond donors (Lipinski definition) is 2. The van der Waals surface area contributed by atoms with E-state index in [1.165, 1.54) is 6.92 Å². The minimum absolute atomic E-state index is 0.122. The second kappa shape index (κ2) is 4.88. The molecule has 15 heavy (non-hydrogen) atoms. The molecule has 0 bridgehead atoms. The number of aromatic carboxylic acids is 1. The number of carboxylic acid groups (broad SMARTS) is 1. The molecule has 0 atom stereocenters. The minimum atomic E-state index is -1.05. The van der Waals surface area contributed by atoms with Gasteiger partial charge in [-0.1, -0.05) is 13.3 Å². The topological polar surface area (TPSA) is 79.3 Å². The van der Waals surface area contributed by atoms with Gasteiger partial charge in [0, 0.05) is 6.92 Å². The number of anilines is 1. The number of rotatable bonds is 4. The highest BCUT2D eigenvalue weighted by Gasteiger charge is 2.20. The first-order valence-electron chi connectivity index (χ1n) is 4.55. The number of amides is 1. The van der Waals surface area contributed by atoms with Crippen LogP contribution in [0.5, 0.6) is 0 Å². The van der Waals surface area contributed by atoms with Gasteiger partial charge in [0.1, 0.15) is 10.6 Å². The molecule has 1 heterocycles. The molecule has 0 spiro atoms. The summed E-state index contributed by atoms with van der Waals surface area (Å²) in [5.74, 6) is -1.33. The van der Waals surface area contributed by atoms with Crippen molar-refractivity contribution < 1.29 is 14.7 Å². The van der Waals surface area contributed by atoms with Crippen molar-refractivity contribution in [2.45, 2.75) is 26.7 Å². The van der Waals surface area contributed by atoms with Crippen molar-refractivity contribution in [1.29, 1.82) is 0 Å². The standard InChI is InChI=1S/C9H12N2O3S/c1-3-4-6-7(9(13)14)8(15-11-6)10-5(2)12/h3-4H2,1-2H3,(H,10,12)(H,13,14). The van der Waals surface area contributed by atoms with Crippen molar-refractivity contribution >= 4 is 28.4 Å². The van der Waals surface area contributed by atoms with Crippen LogP contribution in [0.3, 0.4) is 0 Å². The fourth-order valence-electron chi connectivity index (χ4n) is 1.20. The van der Waals surface area contributed by atoms with E-state index in [0.29, 0.717) is 17.1 Å². The van der Waals surface area contributed by atoms with E-state index in [2.05, 4.69) is 9.69 Å². The lowest BCUT2D eigenvalue weighted by Crippen LogP contribution is -2.09. The highest BCUT2D eigenvalue weighted by atomic mass is 32.1. The van der Waals surface area contributed by atoms with E-state index >= 15 is 0 Å². The highest BCUT2D eigenvalue weighted by Crippen LogP contribution is 2.25. The summed E-state index contributed by atoms with van der Waals surface area (Å²) in [6.45, 7) is 3.29. The molecule has 1 aromatic rings. The molecule has 82 valence electrons. The lowest BCUT2D eigenvalue weighted by atomic mass is 10.1. The number of aryl methyl sites for hydroxylation is 1. The molecule has 0 unspecified atom stereocenters. The first-order chi connectivity index (χ1) is 7.06. The van der Waals surface area contributed by atoms with Crippen molar-refractivity contribution in [1.82, 2.24) is 4.37 Å². The van der Waals surface area contributed by atoms with Crippen LogP contribution in [0.2, 0.25) is 0 Å². The summed E-state index contributed by atoms with van der Waals surface area (Å²) in [4.78, 5) is 21.8. The Balaban J connectivity index is 3.06. The Morgan fingerprint density at radius 1 is 1.53 bits per heavy atom. The molecule has 0 saturated heterocycles. The summed E-state index contributed by atoms with van der Waals surface area (Å²) in [6.07, 6.45) is 1.43. The van der Waals surface area contributed by atoms with Crippen molar-refractivity contribution in [3.05, 3.63) is 11.3 Å². The molecule has 1 aromatic heterocycles. The third kappa shape index (κ3) is 2.76. The van der Waals surface area contributed by atoms with E-state index in [4.69, 9.17) is 5.11 Å². The predicted octanol–water partition coefficient (Wildman–Crippen LogP) is 1.75. The second-order valence-electron chi connectivity index (χ2n) is 3.07. The van der Waals surface area contributed by atoms with Gasteiger partial charge in [-0.3, -0.25) is 4.79 Å². The maximum atomic E-state index is 11.0. The van der Waals surface area contributed by atoms with Crippen molar-refractivity contribution in [2.75, 3.05) is 5.32 Å². The summed E-state index contributed by atoms with van der Waals surface area (Å²) >= 11 is 1.01. The van der Waals surface area contributed by atoms with Crippen molar-refractivity contribution in [3.63, 3.8) is 0 Å². The Bertz CT molecular complexity index is 387. The molecule has 0 aliphatic heterocycles. The Morgan fingerprint density at radius 3 is 2.67 bits per heavy atom. The van der Waals surface area contributed by atoms with Gasteiger partial charge in [-0.05, 0) is 18.0 Å². The molecule has 0 aromatic carbocycles. The van der Waals surface area contributed by atoms with E-state index < -0.39 is 5.97 Å². The van der Waals surface area contributed by atoms with E-state index in [0.717, 1.165) is 18.0 Å². The van der Waals surface area contributed by atoms with Gasteiger partial charge in [0.25, 0.3) is 0 Å². The molecular formula is C9H12N2O3S. The average molecular weight is 228 g/mol. The molecule has 1 amide bonds. The quantitative estimate of drug-likeness (QED) is 0.822. The zero-order chi connectivity index (χ0) is 11.4. The van der Waals surface area contributed by atoms with Crippen LogP contribution in [-0.4, -0.2) is 21.4 Å². The van der Waals surface area contributed by atoms with Gasteiger partial charge in [0.05, 0.1) is 5.69 Å². The largest absolute Gasteiger partial charge is 0.478 e. The highest BCUT2D eigenvalue weighted by molar-refractivity contribution is 7.11. The van der Waals surface area contributed by atoms with Crippen molar-refractivity contribution in [3.8, 4) is 0 Å². The van der Waals surface area contributed by atoms with Crippen LogP contribution in [0, 0.1) is 0 Å². The molecule has 5 nitrogen and oxygen atoms in total. The Morgan fingerprint density at radius 2 is 2.20 bits per heavy atom. The SMILES string of the molecule is CCCc1nsc(NC(C)=O)c1C(=O)O. The Kier molecular flexibility index (Phi) is 3.79. The number of nitrogens with one attached hydrogen (secondary N) is 1. The minimum Gasteiger partial charge on any atom is -0.478 e. The van der Waals surface area contributed by atoms with Crippen molar-refractivity contribution in [2.24, 2.45) is 0 Å². The predicted molar refractivity (Wildman–Crippen MR) is 57.4 cm³/mol. The number of carbonyl (C=O) groups excluding carboxylic acids is 1. The smallest absolute Gasteiger partial charge is 0.340 e. The molecular weight excluding hydrogens is 216 g/mol. The monoisotopic (exact) mass is 228 g/mol. The molecule has 0 saturated carbocycles. The van der Waals surface area contributed by atoms with Gasteiger partial charge in [0.2, 0.25) is 5.91 Å². The molecule has 0 aliphatic rings. The molecule has 0 fully saturated rings. The number of carboxylic acids is 1. The van der Waals surface area contributed by atoms with Gasteiger partial charge in [-0.15, -0.1) is 0 Å². The molecule has 2 N–H and O–H groups in total. The lowest BCUT2D eigenvalue weighted by Gasteiger charge is -2.00. The molecule has 1 rings (SSSR count). The maximum Gasteiger partial charge on any atom is 0.340 e. The number of aromatic nitrogens is 1. The third-order valence-electron chi connectivity index (χ3n) is 1.75. The van der Waals surface area contributed by atoms with E-state index in [-0.39, 0.29) is 11.5 Å².